The smallest absolute Gasteiger partial charge is 0.0320 e. The van der Waals surface area contributed by atoms with E-state index in [0.717, 1.165) is 0 Å². The van der Waals surface area contributed by atoms with E-state index in [-0.39, 0.29) is 0 Å². The summed E-state index contributed by atoms with van der Waals surface area (Å²) >= 11 is 0. The maximum Gasteiger partial charge on any atom is 0.0320 e. The molecule has 1 unspecified atom stereocenters. The molecule has 0 radical (unpaired) electrons. The second-order valence-electron chi connectivity index (χ2n) is 6.46. The second-order valence-corrected chi connectivity index (χ2v) is 6.46. The molecule has 0 amide bonds. The van der Waals surface area contributed by atoms with Crippen molar-refractivity contribution in [2.24, 2.45) is 0 Å². The maximum atomic E-state index is 3.51. The Morgan fingerprint density at radius 2 is 1.52 bits per heavy atom. The lowest BCUT2D eigenvalue weighted by atomic mass is 9.94. The van der Waals surface area contributed by atoms with E-state index in [0.29, 0.717) is 6.04 Å². The highest BCUT2D eigenvalue weighted by Crippen LogP contribution is 2.24. The molecule has 0 aliphatic heterocycles. The molecule has 0 heterocycles. The van der Waals surface area contributed by atoms with Crippen LogP contribution in [-0.4, -0.2) is 7.05 Å². The lowest BCUT2D eigenvalue weighted by Crippen LogP contribution is -2.17. The van der Waals surface area contributed by atoms with Crippen molar-refractivity contribution in [3.05, 3.63) is 34.9 Å². The summed E-state index contributed by atoms with van der Waals surface area (Å²) in [4.78, 5) is 0. The Bertz CT molecular complexity index is 383. The van der Waals surface area contributed by atoms with Gasteiger partial charge in [-0.2, -0.15) is 0 Å². The van der Waals surface area contributed by atoms with Crippen LogP contribution in [0.1, 0.15) is 87.4 Å². The third kappa shape index (κ3) is 7.13. The molecule has 0 fully saturated rings. The largest absolute Gasteiger partial charge is 0.313 e. The standard InChI is InChI=1S/C20H35N/c1-5-6-7-8-9-10-11-12-13-20(21-4)19-16-17(2)14-15-18(19)3/h14-16,20-21H,5-13H2,1-4H3. The third-order valence-corrected chi connectivity index (χ3v) is 4.50. The molecule has 1 nitrogen and oxygen atoms in total. The fourth-order valence-electron chi connectivity index (χ4n) is 3.07. The molecule has 1 aromatic rings. The van der Waals surface area contributed by atoms with Gasteiger partial charge in [0.2, 0.25) is 0 Å². The molecule has 0 aliphatic rings. The molecule has 0 aliphatic carbocycles. The van der Waals surface area contributed by atoms with Gasteiger partial charge in [-0.15, -0.1) is 0 Å². The maximum absolute atomic E-state index is 3.51. The van der Waals surface area contributed by atoms with Gasteiger partial charge in [-0.25, -0.2) is 0 Å². The predicted molar refractivity (Wildman–Crippen MR) is 94.9 cm³/mol. The topological polar surface area (TPSA) is 12.0 Å². The normalized spacial score (nSPS) is 12.6. The average molecular weight is 290 g/mol. The molecule has 21 heavy (non-hydrogen) atoms. The Kier molecular flexibility index (Phi) is 9.41. The zero-order valence-electron chi connectivity index (χ0n) is 14.7. The lowest BCUT2D eigenvalue weighted by molar-refractivity contribution is 0.493. The summed E-state index contributed by atoms with van der Waals surface area (Å²) in [5.41, 5.74) is 4.27. The SMILES string of the molecule is CCCCCCCCCCC(NC)c1cc(C)ccc1C. The van der Waals surface area contributed by atoms with E-state index >= 15 is 0 Å². The Morgan fingerprint density at radius 3 is 2.14 bits per heavy atom. The molecule has 0 saturated carbocycles. The van der Waals surface area contributed by atoms with Crippen molar-refractivity contribution in [3.8, 4) is 0 Å². The number of benzene rings is 1. The Labute approximate surface area is 132 Å². The van der Waals surface area contributed by atoms with Crippen molar-refractivity contribution >= 4 is 0 Å². The molecule has 1 rings (SSSR count). The number of nitrogens with one attached hydrogen (secondary N) is 1. The summed E-state index contributed by atoms with van der Waals surface area (Å²) in [5, 5.41) is 3.51. The summed E-state index contributed by atoms with van der Waals surface area (Å²) in [6.45, 7) is 6.70. The number of aryl methyl sites for hydroxylation is 2. The number of unbranched alkanes of at least 4 members (excludes halogenated alkanes) is 7. The molecule has 0 saturated heterocycles. The fraction of sp³-hybridized carbons (Fsp3) is 0.700. The predicted octanol–water partition coefficient (Wildman–Crippen LogP) is 6.09. The Morgan fingerprint density at radius 1 is 0.905 bits per heavy atom. The van der Waals surface area contributed by atoms with E-state index in [1.54, 1.807) is 0 Å². The van der Waals surface area contributed by atoms with Crippen LogP contribution < -0.4 is 5.32 Å². The summed E-state index contributed by atoms with van der Waals surface area (Å²) in [5.74, 6) is 0. The van der Waals surface area contributed by atoms with Crippen molar-refractivity contribution < 1.29 is 0 Å². The number of hydrogen-bond donors (Lipinski definition) is 1. The number of rotatable bonds is 11. The van der Waals surface area contributed by atoms with E-state index in [9.17, 15) is 0 Å². The van der Waals surface area contributed by atoms with Crippen molar-refractivity contribution in [1.82, 2.24) is 5.32 Å². The minimum atomic E-state index is 0.519. The van der Waals surface area contributed by atoms with E-state index in [1.807, 2.05) is 0 Å². The Balaban J connectivity index is 2.27. The van der Waals surface area contributed by atoms with Crippen molar-refractivity contribution in [3.63, 3.8) is 0 Å². The first kappa shape index (κ1) is 18.2. The van der Waals surface area contributed by atoms with E-state index in [1.165, 1.54) is 74.5 Å². The molecule has 1 heteroatoms. The van der Waals surface area contributed by atoms with Crippen LogP contribution >= 0.6 is 0 Å². The molecule has 1 N–H and O–H groups in total. The van der Waals surface area contributed by atoms with Gasteiger partial charge in [0.25, 0.3) is 0 Å². The van der Waals surface area contributed by atoms with Crippen LogP contribution in [0.2, 0.25) is 0 Å². The first-order valence-electron chi connectivity index (χ1n) is 8.93. The second kappa shape index (κ2) is 10.8. The van der Waals surface area contributed by atoms with Crippen molar-refractivity contribution in [2.75, 3.05) is 7.05 Å². The summed E-state index contributed by atoms with van der Waals surface area (Å²) in [6.07, 6.45) is 12.4. The fourth-order valence-corrected chi connectivity index (χ4v) is 3.07. The van der Waals surface area contributed by atoms with E-state index in [2.05, 4.69) is 51.3 Å². The van der Waals surface area contributed by atoms with Gasteiger partial charge in [0, 0.05) is 6.04 Å². The Hall–Kier alpha value is -0.820. The highest BCUT2D eigenvalue weighted by Gasteiger charge is 2.11. The van der Waals surface area contributed by atoms with Crippen LogP contribution in [0.4, 0.5) is 0 Å². The van der Waals surface area contributed by atoms with Gasteiger partial charge in [-0.05, 0) is 38.4 Å². The first-order valence-corrected chi connectivity index (χ1v) is 8.93. The zero-order chi connectivity index (χ0) is 15.5. The highest BCUT2D eigenvalue weighted by atomic mass is 14.9. The first-order chi connectivity index (χ1) is 10.2. The zero-order valence-corrected chi connectivity index (χ0v) is 14.7. The average Bonchev–Trinajstić information content (AvgIpc) is 2.49. The van der Waals surface area contributed by atoms with Crippen LogP contribution in [0.25, 0.3) is 0 Å². The van der Waals surface area contributed by atoms with Crippen molar-refractivity contribution in [1.29, 1.82) is 0 Å². The molecule has 1 aromatic carbocycles. The number of hydrogen-bond acceptors (Lipinski definition) is 1. The lowest BCUT2D eigenvalue weighted by Gasteiger charge is -2.19. The van der Waals surface area contributed by atoms with Gasteiger partial charge in [-0.3, -0.25) is 0 Å². The molecular formula is C20H35N. The summed E-state index contributed by atoms with van der Waals surface area (Å²) in [6, 6.07) is 7.33. The van der Waals surface area contributed by atoms with E-state index in [4.69, 9.17) is 0 Å². The monoisotopic (exact) mass is 289 g/mol. The summed E-state index contributed by atoms with van der Waals surface area (Å²) in [7, 11) is 2.09. The molecular weight excluding hydrogens is 254 g/mol. The molecule has 0 aromatic heterocycles. The van der Waals surface area contributed by atoms with Gasteiger partial charge in [0.1, 0.15) is 0 Å². The van der Waals surface area contributed by atoms with Crippen LogP contribution in [0.5, 0.6) is 0 Å². The van der Waals surface area contributed by atoms with Crippen LogP contribution in [0.3, 0.4) is 0 Å². The highest BCUT2D eigenvalue weighted by molar-refractivity contribution is 5.32. The van der Waals surface area contributed by atoms with Gasteiger partial charge in [0.15, 0.2) is 0 Å². The quantitative estimate of drug-likeness (QED) is 0.486. The minimum Gasteiger partial charge on any atom is -0.313 e. The van der Waals surface area contributed by atoms with Gasteiger partial charge in [-0.1, -0.05) is 82.1 Å². The molecule has 0 bridgehead atoms. The van der Waals surface area contributed by atoms with Gasteiger partial charge >= 0.3 is 0 Å². The van der Waals surface area contributed by atoms with Crippen molar-refractivity contribution in [2.45, 2.75) is 84.6 Å². The summed E-state index contributed by atoms with van der Waals surface area (Å²) < 4.78 is 0. The molecule has 1 atom stereocenters. The van der Waals surface area contributed by atoms with Crippen LogP contribution in [-0.2, 0) is 0 Å². The van der Waals surface area contributed by atoms with Gasteiger partial charge in [0.05, 0.1) is 0 Å². The van der Waals surface area contributed by atoms with Gasteiger partial charge < -0.3 is 5.32 Å². The molecule has 0 spiro atoms. The minimum absolute atomic E-state index is 0.519. The molecule has 120 valence electrons. The van der Waals surface area contributed by atoms with Crippen LogP contribution in [0.15, 0.2) is 18.2 Å². The van der Waals surface area contributed by atoms with E-state index < -0.39 is 0 Å². The third-order valence-electron chi connectivity index (χ3n) is 4.50. The van der Waals surface area contributed by atoms with Crippen LogP contribution in [0, 0.1) is 13.8 Å².